The smallest absolute Gasteiger partial charge is 0.358 e. The van der Waals surface area contributed by atoms with E-state index in [1.54, 1.807) is 17.7 Å². The Morgan fingerprint density at radius 1 is 1.31 bits per heavy atom. The molecular weight excluding hydrogens is 378 g/mol. The number of nitrogens with two attached hydrogens (primary N) is 1. The summed E-state index contributed by atoms with van der Waals surface area (Å²) >= 11 is 7.38. The molecule has 136 valence electrons. The van der Waals surface area contributed by atoms with E-state index in [4.69, 9.17) is 17.3 Å². The number of aliphatic imine (C=N–C) groups is 1. The fourth-order valence-corrected chi connectivity index (χ4v) is 3.76. The molecular formula is C16H17ClN5O3S+. The van der Waals surface area contributed by atoms with Crippen molar-refractivity contribution in [1.29, 1.82) is 0 Å². The maximum atomic E-state index is 12.7. The van der Waals surface area contributed by atoms with E-state index in [0.29, 0.717) is 22.6 Å². The Labute approximate surface area is 159 Å². The topological polar surface area (TPSA) is 99.1 Å². The Bertz CT molecular complexity index is 869. The molecule has 26 heavy (non-hydrogen) atoms. The lowest BCUT2D eigenvalue weighted by atomic mass is 10.1. The largest absolute Gasteiger partial charge is 0.369 e. The number of hydrogen-bond donors (Lipinski definition) is 1. The molecule has 0 aromatic heterocycles. The first-order valence-electron chi connectivity index (χ1n) is 7.73. The number of halogens is 1. The summed E-state index contributed by atoms with van der Waals surface area (Å²) in [6.07, 6.45) is 0. The van der Waals surface area contributed by atoms with E-state index >= 15 is 0 Å². The van der Waals surface area contributed by atoms with Gasteiger partial charge in [0.15, 0.2) is 0 Å². The summed E-state index contributed by atoms with van der Waals surface area (Å²) in [5.74, 6) is -0.534. The number of amidine groups is 2. The zero-order valence-electron chi connectivity index (χ0n) is 14.2. The standard InChI is InChI=1S/C16H16ClN5O3S/c1-20-13-12(14(24)21(2)16(20)25)22(15(19-13)26-8-11(18)23)7-9-5-3-4-6-10(9)17/h3-6,12H,7-8H2,1-2H3,(H-,18,23)/p+1. The maximum absolute atomic E-state index is 12.7. The Kier molecular flexibility index (Phi) is 5.01. The number of benzene rings is 1. The molecule has 0 radical (unpaired) electrons. The van der Waals surface area contributed by atoms with Crippen LogP contribution in [0, 0.1) is 0 Å². The van der Waals surface area contributed by atoms with E-state index in [9.17, 15) is 14.4 Å². The van der Waals surface area contributed by atoms with E-state index in [1.807, 2.05) is 18.2 Å². The van der Waals surface area contributed by atoms with Crippen molar-refractivity contribution >= 4 is 52.2 Å². The molecule has 2 heterocycles. The summed E-state index contributed by atoms with van der Waals surface area (Å²) in [6.45, 7) is 0.306. The van der Waals surface area contributed by atoms with E-state index in [1.165, 1.54) is 11.9 Å². The molecule has 0 spiro atoms. The molecule has 2 aliphatic heterocycles. The second-order valence-electron chi connectivity index (χ2n) is 5.87. The third kappa shape index (κ3) is 3.19. The predicted molar refractivity (Wildman–Crippen MR) is 99.2 cm³/mol. The van der Waals surface area contributed by atoms with Crippen molar-refractivity contribution in [2.24, 2.45) is 10.7 Å². The third-order valence-electron chi connectivity index (χ3n) is 4.14. The van der Waals surface area contributed by atoms with Crippen LogP contribution in [0.2, 0.25) is 5.02 Å². The predicted octanol–water partition coefficient (Wildman–Crippen LogP) is 0.732. The van der Waals surface area contributed by atoms with Gasteiger partial charge in [-0.05, 0) is 22.8 Å². The normalized spacial score (nSPS) is 19.8. The van der Waals surface area contributed by atoms with Gasteiger partial charge in [-0.25, -0.2) is 9.37 Å². The number of hydrogen-bond acceptors (Lipinski definition) is 5. The van der Waals surface area contributed by atoms with E-state index in [2.05, 4.69) is 4.99 Å². The second kappa shape index (κ2) is 7.08. The Hall–Kier alpha value is -2.39. The molecule has 1 aromatic rings. The number of urea groups is 1. The van der Waals surface area contributed by atoms with Crippen molar-refractivity contribution in [1.82, 2.24) is 9.80 Å². The van der Waals surface area contributed by atoms with Gasteiger partial charge in [0.25, 0.3) is 17.8 Å². The highest BCUT2D eigenvalue weighted by molar-refractivity contribution is 8.14. The zero-order valence-corrected chi connectivity index (χ0v) is 15.8. The van der Waals surface area contributed by atoms with Crippen LogP contribution in [-0.4, -0.2) is 69.1 Å². The van der Waals surface area contributed by atoms with E-state index in [0.717, 1.165) is 22.2 Å². The number of thioether (sulfide) groups is 1. The van der Waals surface area contributed by atoms with Crippen molar-refractivity contribution in [2.45, 2.75) is 12.6 Å². The second-order valence-corrected chi connectivity index (χ2v) is 7.22. The van der Waals surface area contributed by atoms with Gasteiger partial charge < -0.3 is 5.73 Å². The molecule has 3 rings (SSSR count). The number of fused-ring (bicyclic) bond motifs is 1. The Morgan fingerprint density at radius 3 is 2.65 bits per heavy atom. The molecule has 10 heteroatoms. The first-order valence-corrected chi connectivity index (χ1v) is 9.09. The maximum Gasteiger partial charge on any atom is 0.358 e. The zero-order chi connectivity index (χ0) is 19.0. The van der Waals surface area contributed by atoms with Crippen LogP contribution < -0.4 is 5.73 Å². The van der Waals surface area contributed by atoms with Gasteiger partial charge in [-0.3, -0.25) is 19.4 Å². The molecule has 1 atom stereocenters. The van der Waals surface area contributed by atoms with Gasteiger partial charge in [-0.15, -0.1) is 0 Å². The summed E-state index contributed by atoms with van der Waals surface area (Å²) in [7, 11) is 2.99. The minimum Gasteiger partial charge on any atom is -0.369 e. The molecule has 8 nitrogen and oxygen atoms in total. The van der Waals surface area contributed by atoms with Crippen LogP contribution in [0.4, 0.5) is 4.79 Å². The highest BCUT2D eigenvalue weighted by Crippen LogP contribution is 2.26. The van der Waals surface area contributed by atoms with Gasteiger partial charge in [0.2, 0.25) is 5.91 Å². The number of imide groups is 1. The molecule has 1 unspecified atom stereocenters. The third-order valence-corrected chi connectivity index (χ3v) is 5.52. The number of nitrogens with zero attached hydrogens (tertiary/aromatic N) is 4. The van der Waals surface area contributed by atoms with Crippen LogP contribution in [0.5, 0.6) is 0 Å². The molecule has 1 fully saturated rings. The molecule has 0 bridgehead atoms. The van der Waals surface area contributed by atoms with Crippen LogP contribution in [-0.2, 0) is 16.1 Å². The highest BCUT2D eigenvalue weighted by Gasteiger charge is 2.53. The Morgan fingerprint density at radius 2 is 2.00 bits per heavy atom. The number of carbonyl (C=O) groups excluding carboxylic acids is 3. The van der Waals surface area contributed by atoms with Crippen LogP contribution in [0.15, 0.2) is 29.3 Å². The van der Waals surface area contributed by atoms with Crippen molar-refractivity contribution in [3.63, 3.8) is 0 Å². The van der Waals surface area contributed by atoms with Gasteiger partial charge in [0.1, 0.15) is 6.54 Å². The van der Waals surface area contributed by atoms with Crippen molar-refractivity contribution in [2.75, 3.05) is 19.8 Å². The summed E-state index contributed by atoms with van der Waals surface area (Å²) in [4.78, 5) is 42.9. The average molecular weight is 395 g/mol. The fourth-order valence-electron chi connectivity index (χ4n) is 2.80. The summed E-state index contributed by atoms with van der Waals surface area (Å²) in [5.41, 5.74) is 6.04. The summed E-state index contributed by atoms with van der Waals surface area (Å²) in [6, 6.07) is 6.06. The van der Waals surface area contributed by atoms with Gasteiger partial charge >= 0.3 is 11.2 Å². The molecule has 4 amide bonds. The molecule has 2 aliphatic rings. The number of carbonyl (C=O) groups is 3. The summed E-state index contributed by atoms with van der Waals surface area (Å²) < 4.78 is 1.74. The molecule has 0 saturated carbocycles. The fraction of sp³-hybridized carbons (Fsp3) is 0.312. The van der Waals surface area contributed by atoms with Gasteiger partial charge in [0.05, 0.1) is 5.75 Å². The number of rotatable bonds is 4. The van der Waals surface area contributed by atoms with E-state index < -0.39 is 18.0 Å². The van der Waals surface area contributed by atoms with Gasteiger partial charge in [0, 0.05) is 24.7 Å². The molecule has 1 aromatic carbocycles. The quantitative estimate of drug-likeness (QED) is 0.761. The summed E-state index contributed by atoms with van der Waals surface area (Å²) in [5, 5.41) is 1.01. The minimum atomic E-state index is -0.755. The van der Waals surface area contributed by atoms with Crippen LogP contribution in [0.25, 0.3) is 0 Å². The average Bonchev–Trinajstić information content (AvgIpc) is 2.97. The van der Waals surface area contributed by atoms with E-state index in [-0.39, 0.29) is 11.7 Å². The monoisotopic (exact) mass is 394 g/mol. The number of likely N-dealkylation sites (N-methyl/N-ethyl adjacent to an activating group) is 2. The lowest BCUT2D eigenvalue weighted by Gasteiger charge is -2.30. The highest BCUT2D eigenvalue weighted by atomic mass is 35.5. The van der Waals surface area contributed by atoms with Gasteiger partial charge in [-0.1, -0.05) is 29.8 Å². The number of amides is 4. The Balaban J connectivity index is 2.02. The van der Waals surface area contributed by atoms with Crippen LogP contribution in [0.1, 0.15) is 5.56 Å². The van der Waals surface area contributed by atoms with Crippen molar-refractivity contribution < 1.29 is 19.0 Å². The molecule has 2 N–H and O–H groups in total. The minimum absolute atomic E-state index is 0.0134. The first kappa shape index (κ1) is 18.4. The molecule has 1 saturated heterocycles. The lowest BCUT2D eigenvalue weighted by molar-refractivity contribution is -0.548. The lowest BCUT2D eigenvalue weighted by Crippen LogP contribution is -2.61. The van der Waals surface area contributed by atoms with Gasteiger partial charge in [-0.2, -0.15) is 0 Å². The van der Waals surface area contributed by atoms with Crippen molar-refractivity contribution in [3.8, 4) is 0 Å². The first-order chi connectivity index (χ1) is 12.3. The van der Waals surface area contributed by atoms with Crippen molar-refractivity contribution in [3.05, 3.63) is 34.9 Å². The van der Waals surface area contributed by atoms with Crippen LogP contribution >= 0.6 is 23.4 Å². The number of primary amides is 1. The SMILES string of the molecule is CN1C(=O)C2C(=NC(SCC(N)=O)=[N+]2Cc2ccccc2Cl)N(C)C1=O. The van der Waals surface area contributed by atoms with Crippen LogP contribution in [0.3, 0.4) is 0 Å². The molecule has 0 aliphatic carbocycles.